The van der Waals surface area contributed by atoms with E-state index in [0.717, 1.165) is 22.2 Å². The van der Waals surface area contributed by atoms with Crippen molar-refractivity contribution in [2.45, 2.75) is 13.8 Å². The minimum absolute atomic E-state index is 0.116. The van der Waals surface area contributed by atoms with Crippen LogP contribution < -0.4 is 10.1 Å². The number of thiazole rings is 1. The maximum atomic E-state index is 13.4. The van der Waals surface area contributed by atoms with Crippen LogP contribution in [0.3, 0.4) is 0 Å². The number of halogens is 1. The van der Waals surface area contributed by atoms with Crippen molar-refractivity contribution in [3.8, 4) is 11.3 Å². The molecule has 3 heterocycles. The second-order valence-electron chi connectivity index (χ2n) is 6.73. The normalized spacial score (nSPS) is 12.5. The van der Waals surface area contributed by atoms with Gasteiger partial charge in [0.25, 0.3) is 5.56 Å². The predicted molar refractivity (Wildman–Crippen MR) is 109 cm³/mol. The molecule has 0 saturated heterocycles. The van der Waals surface area contributed by atoms with Crippen LogP contribution in [0, 0.1) is 19.7 Å². The van der Waals surface area contributed by atoms with Crippen molar-refractivity contribution in [3.05, 3.63) is 86.1 Å². The molecule has 0 N–H and O–H groups in total. The molecule has 138 valence electrons. The number of nitrogens with zero attached hydrogens (tertiary/aromatic N) is 2. The number of hydrogen-bond acceptors (Lipinski definition) is 4. The molecule has 0 unspecified atom stereocenters. The highest BCUT2D eigenvalue weighted by Crippen LogP contribution is 2.24. The number of imidazole rings is 1. The number of benzene rings is 2. The summed E-state index contributed by atoms with van der Waals surface area (Å²) in [7, 11) is 0. The van der Waals surface area contributed by atoms with Gasteiger partial charge in [0.15, 0.2) is 4.96 Å². The van der Waals surface area contributed by atoms with Crippen LogP contribution in [-0.4, -0.2) is 9.38 Å². The van der Waals surface area contributed by atoms with E-state index >= 15 is 0 Å². The predicted octanol–water partition coefficient (Wildman–Crippen LogP) is 4.47. The maximum absolute atomic E-state index is 13.4. The first-order chi connectivity index (χ1) is 13.5. The van der Waals surface area contributed by atoms with Crippen molar-refractivity contribution in [1.29, 1.82) is 0 Å². The third-order valence-electron chi connectivity index (χ3n) is 4.94. The maximum Gasteiger partial charge on any atom is 0.275 e. The van der Waals surface area contributed by atoms with E-state index in [0.29, 0.717) is 26.6 Å². The van der Waals surface area contributed by atoms with Gasteiger partial charge >= 0.3 is 0 Å². The number of rotatable bonds is 2. The summed E-state index contributed by atoms with van der Waals surface area (Å²) >= 11 is 1.33. The van der Waals surface area contributed by atoms with Crippen LogP contribution >= 0.6 is 11.3 Å². The molecule has 3 aromatic heterocycles. The second kappa shape index (κ2) is 6.14. The zero-order valence-electron chi connectivity index (χ0n) is 15.2. The first-order valence-electron chi connectivity index (χ1n) is 8.80. The fourth-order valence-corrected chi connectivity index (χ4v) is 4.28. The topological polar surface area (TPSA) is 47.5 Å². The molecular weight excluding hydrogens is 375 g/mol. The number of aryl methyl sites for hydroxylation is 2. The van der Waals surface area contributed by atoms with Gasteiger partial charge in [-0.2, -0.15) is 0 Å². The molecular formula is C22H15FN2O2S. The lowest BCUT2D eigenvalue weighted by Gasteiger charge is -1.99. The van der Waals surface area contributed by atoms with Crippen LogP contribution in [0.5, 0.6) is 0 Å². The van der Waals surface area contributed by atoms with Gasteiger partial charge in [-0.25, -0.2) is 13.8 Å². The fourth-order valence-electron chi connectivity index (χ4n) is 3.32. The number of hydrogen-bond donors (Lipinski definition) is 0. The molecule has 0 bridgehead atoms. The third-order valence-corrected chi connectivity index (χ3v) is 5.91. The largest absolute Gasteiger partial charge is 0.457 e. The van der Waals surface area contributed by atoms with Crippen molar-refractivity contribution in [3.63, 3.8) is 0 Å². The Morgan fingerprint density at radius 3 is 2.82 bits per heavy atom. The molecule has 0 spiro atoms. The molecule has 0 amide bonds. The van der Waals surface area contributed by atoms with E-state index in [2.05, 4.69) is 4.98 Å². The number of fused-ring (bicyclic) bond motifs is 3. The summed E-state index contributed by atoms with van der Waals surface area (Å²) in [6, 6.07) is 13.7. The summed E-state index contributed by atoms with van der Waals surface area (Å²) in [6.07, 6.45) is 1.71. The third kappa shape index (κ3) is 2.57. The first kappa shape index (κ1) is 16.9. The summed E-state index contributed by atoms with van der Waals surface area (Å²) in [5.74, 6) is 0.770. The number of furan rings is 1. The summed E-state index contributed by atoms with van der Waals surface area (Å²) in [5, 5.41) is 0. The molecule has 28 heavy (non-hydrogen) atoms. The van der Waals surface area contributed by atoms with E-state index in [1.54, 1.807) is 34.7 Å². The van der Waals surface area contributed by atoms with Crippen molar-refractivity contribution >= 4 is 33.4 Å². The quantitative estimate of drug-likeness (QED) is 0.447. The summed E-state index contributed by atoms with van der Waals surface area (Å²) in [4.78, 5) is 18.3. The van der Waals surface area contributed by atoms with Gasteiger partial charge in [-0.05, 0) is 55.3 Å². The van der Waals surface area contributed by atoms with Crippen LogP contribution in [-0.2, 0) is 0 Å². The molecule has 0 fully saturated rings. The van der Waals surface area contributed by atoms with Gasteiger partial charge < -0.3 is 4.42 Å². The Balaban J connectivity index is 1.64. The van der Waals surface area contributed by atoms with E-state index in [4.69, 9.17) is 4.42 Å². The lowest BCUT2D eigenvalue weighted by atomic mass is 10.1. The zero-order chi connectivity index (χ0) is 19.4. The molecule has 0 aliphatic carbocycles. The molecule has 2 aromatic carbocycles. The van der Waals surface area contributed by atoms with Crippen molar-refractivity contribution in [2.24, 2.45) is 0 Å². The highest BCUT2D eigenvalue weighted by Gasteiger charge is 2.14. The van der Waals surface area contributed by atoms with Crippen LogP contribution in [0.15, 0.2) is 57.7 Å². The minimum Gasteiger partial charge on any atom is -0.457 e. The van der Waals surface area contributed by atoms with Gasteiger partial charge in [-0.1, -0.05) is 29.5 Å². The average Bonchev–Trinajstić information content (AvgIpc) is 3.35. The molecule has 0 atom stereocenters. The molecule has 0 saturated carbocycles. The molecule has 0 aliphatic heterocycles. The van der Waals surface area contributed by atoms with Crippen molar-refractivity contribution < 1.29 is 8.81 Å². The lowest BCUT2D eigenvalue weighted by molar-refractivity contribution is 0.569. The van der Waals surface area contributed by atoms with Gasteiger partial charge in [0, 0.05) is 11.6 Å². The van der Waals surface area contributed by atoms with E-state index in [-0.39, 0.29) is 11.4 Å². The van der Waals surface area contributed by atoms with E-state index < -0.39 is 0 Å². The second-order valence-corrected chi connectivity index (χ2v) is 7.74. The smallest absolute Gasteiger partial charge is 0.275 e. The van der Waals surface area contributed by atoms with Crippen LogP contribution in [0.2, 0.25) is 0 Å². The van der Waals surface area contributed by atoms with Crippen molar-refractivity contribution in [2.75, 3.05) is 0 Å². The monoisotopic (exact) mass is 390 g/mol. The summed E-state index contributed by atoms with van der Waals surface area (Å²) in [6.45, 7) is 4.05. The molecule has 6 heteroatoms. The van der Waals surface area contributed by atoms with Gasteiger partial charge in [0.2, 0.25) is 0 Å². The Morgan fingerprint density at radius 2 is 2.00 bits per heavy atom. The molecule has 0 aliphatic rings. The first-order valence-corrected chi connectivity index (χ1v) is 9.61. The Hall–Kier alpha value is -3.25. The Bertz CT molecular complexity index is 1480. The summed E-state index contributed by atoms with van der Waals surface area (Å²) < 4.78 is 21.4. The van der Waals surface area contributed by atoms with Gasteiger partial charge in [0.1, 0.15) is 21.9 Å². The minimum atomic E-state index is -0.321. The van der Waals surface area contributed by atoms with E-state index in [1.165, 1.54) is 23.5 Å². The molecule has 4 nitrogen and oxygen atoms in total. The highest BCUT2D eigenvalue weighted by atomic mass is 32.1. The van der Waals surface area contributed by atoms with E-state index in [1.807, 2.05) is 26.0 Å². The average molecular weight is 390 g/mol. The molecule has 0 radical (unpaired) electrons. The summed E-state index contributed by atoms with van der Waals surface area (Å²) in [5.41, 5.74) is 4.46. The Kier molecular flexibility index (Phi) is 3.70. The molecule has 5 aromatic rings. The number of aromatic nitrogens is 2. The highest BCUT2D eigenvalue weighted by molar-refractivity contribution is 7.15. The van der Waals surface area contributed by atoms with Crippen LogP contribution in [0.25, 0.3) is 33.4 Å². The van der Waals surface area contributed by atoms with Crippen molar-refractivity contribution in [1.82, 2.24) is 9.38 Å². The lowest BCUT2D eigenvalue weighted by Crippen LogP contribution is -2.22. The van der Waals surface area contributed by atoms with Gasteiger partial charge in [-0.15, -0.1) is 0 Å². The fraction of sp³-hybridized carbons (Fsp3) is 0.0909. The van der Waals surface area contributed by atoms with Gasteiger partial charge in [0.05, 0.1) is 11.0 Å². The van der Waals surface area contributed by atoms with Crippen LogP contribution in [0.4, 0.5) is 4.39 Å². The molecule has 5 rings (SSSR count). The van der Waals surface area contributed by atoms with Gasteiger partial charge in [-0.3, -0.25) is 4.79 Å². The Labute approximate surface area is 163 Å². The Morgan fingerprint density at radius 1 is 1.14 bits per heavy atom. The SMILES string of the molecule is Cc1ccc2c(nc3s/c(=C\c4ccc(-c5cccc(F)c5)o4)c(=O)n32)c1C. The zero-order valence-corrected chi connectivity index (χ0v) is 16.0. The van der Waals surface area contributed by atoms with E-state index in [9.17, 15) is 9.18 Å². The van der Waals surface area contributed by atoms with Crippen LogP contribution in [0.1, 0.15) is 16.9 Å². The standard InChI is InChI=1S/C22H15FN2O2S/c1-12-6-8-17-20(13(12)2)24-22-25(17)21(26)19(28-22)11-16-7-9-18(27-16)14-4-3-5-15(23)10-14/h3-11H,1-2H3/b19-11-.